The van der Waals surface area contributed by atoms with Crippen LogP contribution >= 0.6 is 0 Å². The predicted octanol–water partition coefficient (Wildman–Crippen LogP) is 1.94. The van der Waals surface area contributed by atoms with E-state index in [0.29, 0.717) is 19.4 Å². The topological polar surface area (TPSA) is 87.7 Å². The molecule has 1 aliphatic heterocycles. The summed E-state index contributed by atoms with van der Waals surface area (Å²) in [7, 11) is 0. The molecule has 23 heavy (non-hydrogen) atoms. The van der Waals surface area contributed by atoms with Crippen molar-refractivity contribution in [3.05, 3.63) is 35.9 Å². The lowest BCUT2D eigenvalue weighted by molar-refractivity contribution is -0.137. The maximum atomic E-state index is 12.0. The molecule has 0 spiro atoms. The molecule has 1 aromatic rings. The van der Waals surface area contributed by atoms with Crippen molar-refractivity contribution in [2.45, 2.75) is 44.2 Å². The summed E-state index contributed by atoms with van der Waals surface area (Å²) >= 11 is 0. The average molecular weight is 320 g/mol. The van der Waals surface area contributed by atoms with Gasteiger partial charge in [0.15, 0.2) is 0 Å². The molecule has 0 aliphatic carbocycles. The van der Waals surface area contributed by atoms with E-state index >= 15 is 0 Å². The van der Waals surface area contributed by atoms with Gasteiger partial charge in [0.2, 0.25) is 0 Å². The highest BCUT2D eigenvalue weighted by Crippen LogP contribution is 2.11. The van der Waals surface area contributed by atoms with Crippen LogP contribution in [0.15, 0.2) is 30.3 Å². The quantitative estimate of drug-likeness (QED) is 0.683. The van der Waals surface area contributed by atoms with Gasteiger partial charge in [0.05, 0.1) is 6.10 Å². The molecule has 2 unspecified atom stereocenters. The lowest BCUT2D eigenvalue weighted by Crippen LogP contribution is -2.45. The number of carboxylic acid groups (broad SMARTS) is 1. The van der Waals surface area contributed by atoms with Gasteiger partial charge in [-0.3, -0.25) is 4.79 Å². The lowest BCUT2D eigenvalue weighted by Gasteiger charge is -2.19. The second-order valence-electron chi connectivity index (χ2n) is 5.81. The summed E-state index contributed by atoms with van der Waals surface area (Å²) in [5.74, 6) is -0.857. The van der Waals surface area contributed by atoms with Crippen molar-refractivity contribution in [1.82, 2.24) is 10.6 Å². The second-order valence-corrected chi connectivity index (χ2v) is 5.81. The highest BCUT2D eigenvalue weighted by molar-refractivity contribution is 5.74. The lowest BCUT2D eigenvalue weighted by atomic mass is 10.0. The molecule has 0 saturated carbocycles. The monoisotopic (exact) mass is 320 g/mol. The van der Waals surface area contributed by atoms with Crippen LogP contribution in [0.3, 0.4) is 0 Å². The standard InChI is InChI=1S/C17H24N2O4/c20-16(21)9-8-14(11-13-5-2-1-3-6-13)19-17(22)18-12-15-7-4-10-23-15/h1-3,5-6,14-15H,4,7-12H2,(H,20,21)(H2,18,19,22). The normalized spacial score (nSPS) is 18.3. The molecule has 1 aliphatic rings. The van der Waals surface area contributed by atoms with Crippen molar-refractivity contribution >= 4 is 12.0 Å². The maximum Gasteiger partial charge on any atom is 0.315 e. The number of hydrogen-bond donors (Lipinski definition) is 3. The number of carbonyl (C=O) groups is 2. The Labute approximate surface area is 136 Å². The zero-order valence-electron chi connectivity index (χ0n) is 13.2. The van der Waals surface area contributed by atoms with Gasteiger partial charge in [-0.2, -0.15) is 0 Å². The Morgan fingerprint density at radius 3 is 2.74 bits per heavy atom. The summed E-state index contributed by atoms with van der Waals surface area (Å²) in [5.41, 5.74) is 1.07. The van der Waals surface area contributed by atoms with Gasteiger partial charge < -0.3 is 20.5 Å². The van der Waals surface area contributed by atoms with Gasteiger partial charge in [0.1, 0.15) is 0 Å². The molecule has 0 aromatic heterocycles. The van der Waals surface area contributed by atoms with Crippen LogP contribution in [0.25, 0.3) is 0 Å². The van der Waals surface area contributed by atoms with E-state index in [9.17, 15) is 9.59 Å². The van der Waals surface area contributed by atoms with Crippen molar-refractivity contribution in [1.29, 1.82) is 0 Å². The zero-order valence-corrected chi connectivity index (χ0v) is 13.2. The van der Waals surface area contributed by atoms with E-state index in [1.807, 2.05) is 30.3 Å². The van der Waals surface area contributed by atoms with Crippen LogP contribution in [0.1, 0.15) is 31.2 Å². The van der Waals surface area contributed by atoms with Crippen molar-refractivity contribution in [2.24, 2.45) is 0 Å². The molecule has 0 radical (unpaired) electrons. The van der Waals surface area contributed by atoms with E-state index in [0.717, 1.165) is 25.0 Å². The van der Waals surface area contributed by atoms with Gasteiger partial charge in [-0.1, -0.05) is 30.3 Å². The predicted molar refractivity (Wildman–Crippen MR) is 86.3 cm³/mol. The molecular formula is C17H24N2O4. The molecule has 6 nitrogen and oxygen atoms in total. The number of urea groups is 1. The first-order valence-electron chi connectivity index (χ1n) is 8.05. The highest BCUT2D eigenvalue weighted by Gasteiger charge is 2.18. The van der Waals surface area contributed by atoms with Crippen molar-refractivity contribution < 1.29 is 19.4 Å². The number of amides is 2. The Hall–Kier alpha value is -2.08. The third-order valence-electron chi connectivity index (χ3n) is 3.88. The zero-order chi connectivity index (χ0) is 16.5. The average Bonchev–Trinajstić information content (AvgIpc) is 3.05. The third kappa shape index (κ3) is 6.69. The van der Waals surface area contributed by atoms with Gasteiger partial charge in [-0.05, 0) is 31.2 Å². The minimum absolute atomic E-state index is 0.0313. The van der Waals surface area contributed by atoms with Crippen molar-refractivity contribution in [3.8, 4) is 0 Å². The van der Waals surface area contributed by atoms with Crippen LogP contribution < -0.4 is 10.6 Å². The second kappa shape index (κ2) is 9.15. The minimum Gasteiger partial charge on any atom is -0.481 e. The van der Waals surface area contributed by atoms with E-state index in [4.69, 9.17) is 9.84 Å². The summed E-state index contributed by atoms with van der Waals surface area (Å²) < 4.78 is 5.46. The number of benzene rings is 1. The number of carbonyl (C=O) groups excluding carboxylic acids is 1. The first kappa shape index (κ1) is 17.3. The van der Waals surface area contributed by atoms with Gasteiger partial charge in [0, 0.05) is 25.6 Å². The summed E-state index contributed by atoms with van der Waals surface area (Å²) in [4.78, 5) is 22.8. The first-order valence-corrected chi connectivity index (χ1v) is 8.05. The Morgan fingerprint density at radius 1 is 1.30 bits per heavy atom. The van der Waals surface area contributed by atoms with Crippen molar-refractivity contribution in [3.63, 3.8) is 0 Å². The fourth-order valence-corrected chi connectivity index (χ4v) is 2.67. The smallest absolute Gasteiger partial charge is 0.315 e. The fraction of sp³-hybridized carbons (Fsp3) is 0.529. The van der Waals surface area contributed by atoms with E-state index in [2.05, 4.69) is 10.6 Å². The van der Waals surface area contributed by atoms with E-state index < -0.39 is 5.97 Å². The summed E-state index contributed by atoms with van der Waals surface area (Å²) in [6, 6.07) is 9.25. The summed E-state index contributed by atoms with van der Waals surface area (Å²) in [5, 5.41) is 14.5. The molecule has 2 amide bonds. The van der Waals surface area contributed by atoms with Gasteiger partial charge >= 0.3 is 12.0 Å². The Kier molecular flexibility index (Phi) is 6.87. The maximum absolute atomic E-state index is 12.0. The van der Waals surface area contributed by atoms with Crippen LogP contribution in [0.5, 0.6) is 0 Å². The molecule has 126 valence electrons. The molecule has 0 bridgehead atoms. The Morgan fingerprint density at radius 2 is 2.09 bits per heavy atom. The number of carboxylic acids is 1. The van der Waals surface area contributed by atoms with E-state index in [1.54, 1.807) is 0 Å². The minimum atomic E-state index is -0.857. The van der Waals surface area contributed by atoms with Crippen LogP contribution in [-0.2, 0) is 16.0 Å². The summed E-state index contributed by atoms with van der Waals surface area (Å²) in [6.07, 6.45) is 3.13. The molecule has 3 N–H and O–H groups in total. The Balaban J connectivity index is 1.82. The van der Waals surface area contributed by atoms with E-state index in [1.165, 1.54) is 0 Å². The Bertz CT molecular complexity index is 501. The van der Waals surface area contributed by atoms with Gasteiger partial charge in [-0.15, -0.1) is 0 Å². The summed E-state index contributed by atoms with van der Waals surface area (Å²) in [6.45, 7) is 1.24. The molecule has 1 heterocycles. The number of rotatable bonds is 8. The van der Waals surface area contributed by atoms with Gasteiger partial charge in [0.25, 0.3) is 0 Å². The molecule has 6 heteroatoms. The molecule has 2 atom stereocenters. The molecule has 1 saturated heterocycles. The van der Waals surface area contributed by atoms with Crippen LogP contribution in [0, 0.1) is 0 Å². The molecule has 2 rings (SSSR count). The largest absolute Gasteiger partial charge is 0.481 e. The highest BCUT2D eigenvalue weighted by atomic mass is 16.5. The van der Waals surface area contributed by atoms with E-state index in [-0.39, 0.29) is 24.6 Å². The number of nitrogens with one attached hydrogen (secondary N) is 2. The fourth-order valence-electron chi connectivity index (χ4n) is 2.67. The van der Waals surface area contributed by atoms with Gasteiger partial charge in [-0.25, -0.2) is 4.79 Å². The number of ether oxygens (including phenoxy) is 1. The first-order chi connectivity index (χ1) is 11.1. The SMILES string of the molecule is O=C(O)CCC(Cc1ccccc1)NC(=O)NCC1CCCO1. The number of hydrogen-bond acceptors (Lipinski definition) is 3. The molecular weight excluding hydrogens is 296 g/mol. The van der Waals surface area contributed by atoms with Crippen molar-refractivity contribution in [2.75, 3.05) is 13.2 Å². The van der Waals surface area contributed by atoms with Crippen LogP contribution in [0.4, 0.5) is 4.79 Å². The number of aliphatic carboxylic acids is 1. The molecule has 1 fully saturated rings. The van der Waals surface area contributed by atoms with Crippen LogP contribution in [0.2, 0.25) is 0 Å². The third-order valence-corrected chi connectivity index (χ3v) is 3.88. The van der Waals surface area contributed by atoms with Crippen LogP contribution in [-0.4, -0.2) is 42.4 Å². The molecule has 1 aromatic carbocycles.